The maximum absolute atomic E-state index is 9.00. The smallest absolute Gasteiger partial charge is 0.300 e. The van der Waals surface area contributed by atoms with E-state index in [1.54, 1.807) is 0 Å². The summed E-state index contributed by atoms with van der Waals surface area (Å²) in [6, 6.07) is 10.3. The minimum atomic E-state index is -0.833. The first-order valence-corrected chi connectivity index (χ1v) is 3.34. The maximum atomic E-state index is 9.00. The maximum Gasteiger partial charge on any atom is 0.300 e. The van der Waals surface area contributed by atoms with Crippen LogP contribution in [0.1, 0.15) is 12.5 Å². The van der Waals surface area contributed by atoms with Crippen LogP contribution >= 0.6 is 12.4 Å². The summed E-state index contributed by atoms with van der Waals surface area (Å²) in [7, 11) is 0. The standard InChI is InChI=1S/C7H8.C2H4O2.ClH/c1-7-5-3-2-4-6-7;1-2(3)4;/h2-6H,1H3;1H3,(H,3,4);1H. The van der Waals surface area contributed by atoms with E-state index >= 15 is 0 Å². The molecule has 1 N–H and O–H groups in total. The van der Waals surface area contributed by atoms with Gasteiger partial charge in [-0.05, 0) is 6.92 Å². The number of carboxylic acids is 1. The molecule has 0 fully saturated rings. The van der Waals surface area contributed by atoms with Gasteiger partial charge in [0.1, 0.15) is 0 Å². The van der Waals surface area contributed by atoms with Crippen molar-refractivity contribution >= 4 is 18.4 Å². The van der Waals surface area contributed by atoms with E-state index in [1.165, 1.54) is 5.56 Å². The quantitative estimate of drug-likeness (QED) is 0.680. The molecular formula is C9H13ClO2. The molecule has 3 heteroatoms. The molecular weight excluding hydrogens is 176 g/mol. The molecule has 0 radical (unpaired) electrons. The first kappa shape index (κ1) is 13.6. The summed E-state index contributed by atoms with van der Waals surface area (Å²) in [5.41, 5.74) is 1.32. The Kier molecular flexibility index (Phi) is 9.13. The Labute approximate surface area is 78.6 Å². The summed E-state index contributed by atoms with van der Waals surface area (Å²) in [6.45, 7) is 3.17. The second kappa shape index (κ2) is 8.08. The number of hydrogen-bond acceptors (Lipinski definition) is 1. The molecule has 0 amide bonds. The van der Waals surface area contributed by atoms with Gasteiger partial charge >= 0.3 is 0 Å². The number of hydrogen-bond donors (Lipinski definition) is 1. The molecule has 0 saturated heterocycles. The lowest BCUT2D eigenvalue weighted by Gasteiger charge is -1.82. The van der Waals surface area contributed by atoms with Crippen molar-refractivity contribution in [2.24, 2.45) is 0 Å². The van der Waals surface area contributed by atoms with Crippen LogP contribution < -0.4 is 0 Å². The molecule has 1 aromatic rings. The van der Waals surface area contributed by atoms with Crippen molar-refractivity contribution < 1.29 is 9.90 Å². The number of benzene rings is 1. The molecule has 0 spiro atoms. The normalized spacial score (nSPS) is 7.17. The third kappa shape index (κ3) is 11.7. The van der Waals surface area contributed by atoms with Gasteiger partial charge in [-0.25, -0.2) is 0 Å². The van der Waals surface area contributed by atoms with Crippen molar-refractivity contribution in [3.8, 4) is 0 Å². The van der Waals surface area contributed by atoms with Gasteiger partial charge < -0.3 is 5.11 Å². The van der Waals surface area contributed by atoms with Gasteiger partial charge in [0.05, 0.1) is 0 Å². The zero-order valence-corrected chi connectivity index (χ0v) is 7.97. The fraction of sp³-hybridized carbons (Fsp3) is 0.222. The Morgan fingerprint density at radius 1 is 1.25 bits per heavy atom. The predicted octanol–water partition coefficient (Wildman–Crippen LogP) is 2.51. The second-order valence-corrected chi connectivity index (χ2v) is 2.17. The largest absolute Gasteiger partial charge is 0.481 e. The van der Waals surface area contributed by atoms with E-state index in [-0.39, 0.29) is 12.4 Å². The molecule has 0 bridgehead atoms. The topological polar surface area (TPSA) is 37.3 Å². The number of halogens is 1. The minimum absolute atomic E-state index is 0. The van der Waals surface area contributed by atoms with E-state index < -0.39 is 5.97 Å². The van der Waals surface area contributed by atoms with Gasteiger partial charge in [0, 0.05) is 6.92 Å². The Bertz CT molecular complexity index is 205. The van der Waals surface area contributed by atoms with E-state index in [9.17, 15) is 0 Å². The van der Waals surface area contributed by atoms with E-state index in [0.29, 0.717) is 0 Å². The van der Waals surface area contributed by atoms with Crippen LogP contribution in [0.3, 0.4) is 0 Å². The van der Waals surface area contributed by atoms with Crippen molar-refractivity contribution in [2.75, 3.05) is 0 Å². The molecule has 0 aliphatic rings. The molecule has 0 aromatic heterocycles. The van der Waals surface area contributed by atoms with E-state index in [2.05, 4.69) is 19.1 Å². The zero-order valence-electron chi connectivity index (χ0n) is 7.15. The van der Waals surface area contributed by atoms with E-state index in [4.69, 9.17) is 9.90 Å². The van der Waals surface area contributed by atoms with Crippen LogP contribution in [-0.4, -0.2) is 11.1 Å². The minimum Gasteiger partial charge on any atom is -0.481 e. The lowest BCUT2D eigenvalue weighted by atomic mass is 10.2. The summed E-state index contributed by atoms with van der Waals surface area (Å²) >= 11 is 0. The van der Waals surface area contributed by atoms with Crippen molar-refractivity contribution in [2.45, 2.75) is 13.8 Å². The van der Waals surface area contributed by atoms with Crippen molar-refractivity contribution in [1.82, 2.24) is 0 Å². The average Bonchev–Trinajstić information content (AvgIpc) is 1.87. The van der Waals surface area contributed by atoms with Gasteiger partial charge in [-0.1, -0.05) is 35.9 Å². The van der Waals surface area contributed by atoms with Crippen LogP contribution in [0, 0.1) is 6.92 Å². The van der Waals surface area contributed by atoms with Crippen molar-refractivity contribution in [3.05, 3.63) is 35.9 Å². The number of aliphatic carboxylic acids is 1. The highest BCUT2D eigenvalue weighted by Crippen LogP contribution is 1.92. The fourth-order valence-electron chi connectivity index (χ4n) is 0.534. The molecule has 0 atom stereocenters. The molecule has 12 heavy (non-hydrogen) atoms. The molecule has 2 nitrogen and oxygen atoms in total. The molecule has 0 heterocycles. The van der Waals surface area contributed by atoms with E-state index in [1.807, 2.05) is 18.2 Å². The summed E-state index contributed by atoms with van der Waals surface area (Å²) < 4.78 is 0. The number of aryl methyl sites for hydroxylation is 1. The highest BCUT2D eigenvalue weighted by atomic mass is 35.5. The molecule has 1 aromatic carbocycles. The van der Waals surface area contributed by atoms with Gasteiger partial charge in [-0.15, -0.1) is 12.4 Å². The summed E-state index contributed by atoms with van der Waals surface area (Å²) in [5.74, 6) is -0.833. The Morgan fingerprint density at radius 2 is 1.58 bits per heavy atom. The third-order valence-electron chi connectivity index (χ3n) is 0.940. The number of carbonyl (C=O) groups is 1. The lowest BCUT2D eigenvalue weighted by Crippen LogP contribution is -1.78. The lowest BCUT2D eigenvalue weighted by molar-refractivity contribution is -0.134. The SMILES string of the molecule is CC(=O)O.Cc1ccccc1.Cl. The summed E-state index contributed by atoms with van der Waals surface area (Å²) in [4.78, 5) is 9.00. The number of carboxylic acid groups (broad SMARTS) is 1. The fourth-order valence-corrected chi connectivity index (χ4v) is 0.534. The van der Waals surface area contributed by atoms with Crippen molar-refractivity contribution in [1.29, 1.82) is 0 Å². The van der Waals surface area contributed by atoms with Gasteiger partial charge in [-0.3, -0.25) is 4.79 Å². The first-order chi connectivity index (χ1) is 5.13. The van der Waals surface area contributed by atoms with Crippen LogP contribution in [0.5, 0.6) is 0 Å². The summed E-state index contributed by atoms with van der Waals surface area (Å²) in [6.07, 6.45) is 0. The van der Waals surface area contributed by atoms with Crippen LogP contribution in [0.2, 0.25) is 0 Å². The Hall–Kier alpha value is -1.02. The van der Waals surface area contributed by atoms with Crippen LogP contribution in [0.15, 0.2) is 30.3 Å². The van der Waals surface area contributed by atoms with Crippen molar-refractivity contribution in [3.63, 3.8) is 0 Å². The highest BCUT2D eigenvalue weighted by molar-refractivity contribution is 5.85. The molecule has 0 saturated carbocycles. The molecule has 0 aliphatic carbocycles. The molecule has 0 aliphatic heterocycles. The molecule has 68 valence electrons. The van der Waals surface area contributed by atoms with Gasteiger partial charge in [0.25, 0.3) is 5.97 Å². The van der Waals surface area contributed by atoms with Crippen LogP contribution in [0.25, 0.3) is 0 Å². The Morgan fingerprint density at radius 3 is 1.75 bits per heavy atom. The second-order valence-electron chi connectivity index (χ2n) is 2.17. The predicted molar refractivity (Wildman–Crippen MR) is 51.7 cm³/mol. The van der Waals surface area contributed by atoms with Crippen LogP contribution in [-0.2, 0) is 4.79 Å². The summed E-state index contributed by atoms with van der Waals surface area (Å²) in [5, 5.41) is 7.42. The molecule has 1 rings (SSSR count). The monoisotopic (exact) mass is 188 g/mol. The Balaban J connectivity index is 0. The highest BCUT2D eigenvalue weighted by Gasteiger charge is 1.72. The first-order valence-electron chi connectivity index (χ1n) is 3.34. The van der Waals surface area contributed by atoms with Gasteiger partial charge in [-0.2, -0.15) is 0 Å². The van der Waals surface area contributed by atoms with E-state index in [0.717, 1.165) is 6.92 Å². The third-order valence-corrected chi connectivity index (χ3v) is 0.940. The van der Waals surface area contributed by atoms with Gasteiger partial charge in [0.15, 0.2) is 0 Å². The van der Waals surface area contributed by atoms with Gasteiger partial charge in [0.2, 0.25) is 0 Å². The number of rotatable bonds is 0. The van der Waals surface area contributed by atoms with Crippen LogP contribution in [0.4, 0.5) is 0 Å². The zero-order chi connectivity index (χ0) is 8.69. The average molecular weight is 189 g/mol. The molecule has 0 unspecified atom stereocenters.